The Hall–Kier alpha value is -0.960. The van der Waals surface area contributed by atoms with Crippen LogP contribution >= 0.6 is 41.9 Å². The number of benzene rings is 1. The summed E-state index contributed by atoms with van der Waals surface area (Å²) < 4.78 is 8.42. The van der Waals surface area contributed by atoms with Crippen LogP contribution in [0.5, 0.6) is 5.75 Å². The predicted octanol–water partition coefficient (Wildman–Crippen LogP) is 5.67. The zero-order valence-corrected chi connectivity index (χ0v) is 18.5. The van der Waals surface area contributed by atoms with Crippen LogP contribution in [0.4, 0.5) is 0 Å². The maximum Gasteiger partial charge on any atom is 0.152 e. The number of ether oxygens (including phenoxy) is 1. The minimum atomic E-state index is 0.358. The molecule has 140 valence electrons. The molecule has 4 nitrogen and oxygen atoms in total. The number of rotatable bonds is 4. The highest BCUT2D eigenvalue weighted by Crippen LogP contribution is 2.40. The molecule has 5 rings (SSSR count). The summed E-state index contributed by atoms with van der Waals surface area (Å²) in [6, 6.07) is 13.1. The number of pyridine rings is 1. The number of fused-ring (bicyclic) bond motifs is 3. The molecule has 1 saturated carbocycles. The lowest BCUT2D eigenvalue weighted by molar-refractivity contribution is 0.105. The van der Waals surface area contributed by atoms with Crippen molar-refractivity contribution in [1.29, 1.82) is 0 Å². The highest BCUT2D eigenvalue weighted by Gasteiger charge is 2.44. The molecule has 2 aliphatic rings. The molecule has 1 aliphatic carbocycles. The fourth-order valence-electron chi connectivity index (χ4n) is 4.47. The Morgan fingerprint density at radius 3 is 2.70 bits per heavy atom. The molecule has 0 N–H and O–H groups in total. The second kappa shape index (κ2) is 7.13. The van der Waals surface area contributed by atoms with Gasteiger partial charge < -0.3 is 9.64 Å². The number of likely N-dealkylation sites (tertiary alicyclic amines) is 1. The first kappa shape index (κ1) is 18.1. The molecule has 3 atom stereocenters. The van der Waals surface area contributed by atoms with Gasteiger partial charge in [-0.3, -0.25) is 3.97 Å². The van der Waals surface area contributed by atoms with Crippen molar-refractivity contribution in [2.75, 3.05) is 13.6 Å². The fraction of sp³-hybridized carbons (Fsp3) is 0.350. The van der Waals surface area contributed by atoms with Crippen molar-refractivity contribution in [1.82, 2.24) is 13.9 Å². The molecule has 3 unspecified atom stereocenters. The number of halogens is 2. The summed E-state index contributed by atoms with van der Waals surface area (Å²) in [5.74, 6) is 1.63. The Labute approximate surface area is 179 Å². The normalized spacial score (nSPS) is 24.8. The van der Waals surface area contributed by atoms with E-state index in [9.17, 15) is 0 Å². The molecule has 1 saturated heterocycles. The van der Waals surface area contributed by atoms with Crippen molar-refractivity contribution >= 4 is 53.0 Å². The third kappa shape index (κ3) is 3.14. The smallest absolute Gasteiger partial charge is 0.152 e. The van der Waals surface area contributed by atoms with Crippen LogP contribution in [0.15, 0.2) is 42.6 Å². The average Bonchev–Trinajstić information content (AvgIpc) is 3.34. The molecule has 2 aromatic heterocycles. The first-order valence-electron chi connectivity index (χ1n) is 9.06. The second-order valence-corrected chi connectivity index (χ2v) is 9.52. The summed E-state index contributed by atoms with van der Waals surface area (Å²) in [6.45, 7) is 1.16. The van der Waals surface area contributed by atoms with Gasteiger partial charge in [0.2, 0.25) is 0 Å². The van der Waals surface area contributed by atoms with Crippen molar-refractivity contribution in [3.63, 3.8) is 0 Å². The van der Waals surface area contributed by atoms with E-state index in [-0.39, 0.29) is 0 Å². The van der Waals surface area contributed by atoms with Crippen molar-refractivity contribution in [3.8, 4) is 17.0 Å². The van der Waals surface area contributed by atoms with E-state index in [1.54, 1.807) is 15.3 Å². The van der Waals surface area contributed by atoms with E-state index >= 15 is 0 Å². The highest BCUT2D eigenvalue weighted by molar-refractivity contribution is 14.2. The van der Waals surface area contributed by atoms with Gasteiger partial charge in [-0.05, 0) is 55.4 Å². The molecule has 2 bridgehead atoms. The Morgan fingerprint density at radius 2 is 2.04 bits per heavy atom. The lowest BCUT2D eigenvalue weighted by atomic mass is 10.1. The van der Waals surface area contributed by atoms with E-state index in [0.29, 0.717) is 18.1 Å². The number of hydrogen-bond acceptors (Lipinski definition) is 4. The maximum absolute atomic E-state index is 6.36. The molecule has 0 radical (unpaired) electrons. The van der Waals surface area contributed by atoms with Gasteiger partial charge in [0.15, 0.2) is 5.65 Å². The second-order valence-electron chi connectivity index (χ2n) is 7.43. The molecular formula is C20H19ClIN3OS. The minimum absolute atomic E-state index is 0.358. The standard InChI is InChI=1S/C20H19ClIN3OS/c1-24-11-13-8-14(24)9-19(13)26-15-4-2-12(3-5-15)18-10-16-17(21)6-7-23-20(16)25(18)27-22/h2-7,10,13-14,19H,8-9,11H2,1H3. The minimum Gasteiger partial charge on any atom is -0.490 e. The third-order valence-electron chi connectivity index (χ3n) is 5.87. The summed E-state index contributed by atoms with van der Waals surface area (Å²) in [6.07, 6.45) is 4.53. The highest BCUT2D eigenvalue weighted by atomic mass is 127. The Morgan fingerprint density at radius 1 is 1.22 bits per heavy atom. The van der Waals surface area contributed by atoms with Gasteiger partial charge in [0.1, 0.15) is 11.9 Å². The topological polar surface area (TPSA) is 30.3 Å². The zero-order valence-electron chi connectivity index (χ0n) is 14.8. The van der Waals surface area contributed by atoms with E-state index in [1.165, 1.54) is 6.42 Å². The molecule has 2 fully saturated rings. The Balaban J connectivity index is 1.41. The predicted molar refractivity (Wildman–Crippen MR) is 121 cm³/mol. The summed E-state index contributed by atoms with van der Waals surface area (Å²) in [4.78, 5) is 6.96. The van der Waals surface area contributed by atoms with Crippen LogP contribution in [-0.4, -0.2) is 39.6 Å². The summed E-state index contributed by atoms with van der Waals surface area (Å²) >= 11 is 8.64. The van der Waals surface area contributed by atoms with Crippen molar-refractivity contribution in [3.05, 3.63) is 47.6 Å². The maximum atomic E-state index is 6.36. The first-order valence-corrected chi connectivity index (χ1v) is 12.8. The van der Waals surface area contributed by atoms with E-state index in [1.807, 2.05) is 6.07 Å². The van der Waals surface area contributed by atoms with Gasteiger partial charge in [-0.2, -0.15) is 0 Å². The van der Waals surface area contributed by atoms with Crippen LogP contribution in [0.25, 0.3) is 22.3 Å². The van der Waals surface area contributed by atoms with Crippen molar-refractivity contribution < 1.29 is 4.74 Å². The van der Waals surface area contributed by atoms with Gasteiger partial charge in [-0.25, -0.2) is 4.98 Å². The van der Waals surface area contributed by atoms with Crippen LogP contribution in [0.1, 0.15) is 12.8 Å². The van der Waals surface area contributed by atoms with Gasteiger partial charge in [0.05, 0.1) is 10.7 Å². The lowest BCUT2D eigenvalue weighted by Crippen LogP contribution is -2.37. The molecular weight excluding hydrogens is 493 g/mol. The Bertz CT molecular complexity index is 991. The van der Waals surface area contributed by atoms with Crippen LogP contribution in [-0.2, 0) is 0 Å². The van der Waals surface area contributed by atoms with Crippen molar-refractivity contribution in [2.24, 2.45) is 5.92 Å². The van der Waals surface area contributed by atoms with Crippen LogP contribution < -0.4 is 4.74 Å². The van der Waals surface area contributed by atoms with E-state index in [4.69, 9.17) is 16.3 Å². The number of hydrogen-bond donors (Lipinski definition) is 0. The molecule has 0 spiro atoms. The van der Waals surface area contributed by atoms with Crippen LogP contribution in [0, 0.1) is 5.92 Å². The van der Waals surface area contributed by atoms with Crippen molar-refractivity contribution in [2.45, 2.75) is 25.0 Å². The molecule has 1 aromatic carbocycles. The van der Waals surface area contributed by atoms with E-state index in [2.05, 4.69) is 72.4 Å². The van der Waals surface area contributed by atoms with Gasteiger partial charge in [-0.1, -0.05) is 11.6 Å². The van der Waals surface area contributed by atoms with Gasteiger partial charge >= 0.3 is 0 Å². The summed E-state index contributed by atoms with van der Waals surface area (Å²) in [7, 11) is 3.83. The molecule has 3 aromatic rings. The third-order valence-corrected chi connectivity index (χ3v) is 7.88. The monoisotopic (exact) mass is 511 g/mol. The largest absolute Gasteiger partial charge is 0.490 e. The molecule has 7 heteroatoms. The van der Waals surface area contributed by atoms with Gasteiger partial charge in [0, 0.05) is 66.8 Å². The van der Waals surface area contributed by atoms with E-state index in [0.717, 1.165) is 46.0 Å². The number of aromatic nitrogens is 2. The van der Waals surface area contributed by atoms with Crippen LogP contribution in [0.2, 0.25) is 5.02 Å². The fourth-order valence-corrected chi connectivity index (χ4v) is 6.30. The average molecular weight is 512 g/mol. The first-order chi connectivity index (χ1) is 13.1. The Kier molecular flexibility index (Phi) is 4.78. The molecule has 27 heavy (non-hydrogen) atoms. The van der Waals surface area contributed by atoms with Crippen LogP contribution in [0.3, 0.4) is 0 Å². The number of piperidine rings is 1. The molecule has 0 amide bonds. The van der Waals surface area contributed by atoms with Gasteiger partial charge in [-0.15, -0.1) is 0 Å². The quantitative estimate of drug-likeness (QED) is 0.422. The van der Waals surface area contributed by atoms with E-state index < -0.39 is 0 Å². The summed E-state index contributed by atoms with van der Waals surface area (Å²) in [5, 5.41) is 1.71. The lowest BCUT2D eigenvalue weighted by Gasteiger charge is -2.28. The molecule has 3 heterocycles. The summed E-state index contributed by atoms with van der Waals surface area (Å²) in [5.41, 5.74) is 3.12. The number of nitrogens with zero attached hydrogens (tertiary/aromatic N) is 3. The molecule has 1 aliphatic heterocycles. The van der Waals surface area contributed by atoms with Gasteiger partial charge in [0.25, 0.3) is 0 Å². The zero-order chi connectivity index (χ0) is 18.5. The SMILES string of the molecule is CN1CC2CC1CC2Oc1ccc(-c2cc3c(Cl)ccnc3n2SI)cc1.